The Morgan fingerprint density at radius 1 is 1.54 bits per heavy atom. The summed E-state index contributed by atoms with van der Waals surface area (Å²) in [6.45, 7) is 7.91. The Bertz CT molecular complexity index is 887. The molecule has 0 saturated carbocycles. The molecular formula is C20H28N4O2S2. The number of anilines is 1. The molecule has 152 valence electrons. The number of hydrogen-bond donors (Lipinski definition) is 1. The molecule has 0 amide bonds. The number of aromatic nitrogens is 2. The van der Waals surface area contributed by atoms with Crippen LogP contribution in [0, 0.1) is 12.8 Å². The number of carbonyl (C=O) groups is 1. The zero-order valence-corrected chi connectivity index (χ0v) is 18.8. The Morgan fingerprint density at radius 3 is 2.93 bits per heavy atom. The van der Waals surface area contributed by atoms with Gasteiger partial charge in [-0.3, -0.25) is 4.68 Å². The van der Waals surface area contributed by atoms with Gasteiger partial charge in [-0.2, -0.15) is 5.10 Å². The lowest BCUT2D eigenvalue weighted by Crippen LogP contribution is -2.31. The second-order valence-corrected chi connectivity index (χ2v) is 8.90. The van der Waals surface area contributed by atoms with E-state index in [9.17, 15) is 4.79 Å². The molecule has 0 unspecified atom stereocenters. The molecule has 0 spiro atoms. The molecule has 3 rings (SSSR count). The van der Waals surface area contributed by atoms with Crippen LogP contribution in [-0.4, -0.2) is 39.9 Å². The summed E-state index contributed by atoms with van der Waals surface area (Å²) in [4.78, 5) is 15.7. The zero-order chi connectivity index (χ0) is 20.4. The van der Waals surface area contributed by atoms with Crippen LogP contribution in [0.1, 0.15) is 52.3 Å². The number of ether oxygens (including phenoxy) is 1. The molecule has 28 heavy (non-hydrogen) atoms. The van der Waals surface area contributed by atoms with E-state index >= 15 is 0 Å². The van der Waals surface area contributed by atoms with Gasteiger partial charge in [0.15, 0.2) is 5.11 Å². The molecule has 0 fully saturated rings. The summed E-state index contributed by atoms with van der Waals surface area (Å²) in [7, 11) is 3.38. The van der Waals surface area contributed by atoms with E-state index in [0.29, 0.717) is 23.1 Å². The maximum atomic E-state index is 12.4. The highest BCUT2D eigenvalue weighted by Gasteiger charge is 2.28. The number of fused-ring (bicyclic) bond motifs is 1. The molecule has 1 N–H and O–H groups in total. The van der Waals surface area contributed by atoms with Crippen molar-refractivity contribution in [3.8, 4) is 0 Å². The molecule has 0 aliphatic heterocycles. The summed E-state index contributed by atoms with van der Waals surface area (Å²) in [6, 6.07) is 0. The van der Waals surface area contributed by atoms with Gasteiger partial charge in [0.2, 0.25) is 0 Å². The molecule has 2 heterocycles. The van der Waals surface area contributed by atoms with Crippen molar-refractivity contribution in [3.05, 3.63) is 33.5 Å². The van der Waals surface area contributed by atoms with Crippen molar-refractivity contribution in [2.75, 3.05) is 19.5 Å². The minimum absolute atomic E-state index is 0.292. The number of rotatable bonds is 5. The Balaban J connectivity index is 1.79. The fourth-order valence-electron chi connectivity index (χ4n) is 3.64. The van der Waals surface area contributed by atoms with E-state index in [1.54, 1.807) is 11.3 Å². The highest BCUT2D eigenvalue weighted by molar-refractivity contribution is 7.80. The third-order valence-corrected chi connectivity index (χ3v) is 6.96. The average molecular weight is 421 g/mol. The first-order chi connectivity index (χ1) is 13.3. The number of esters is 1. The van der Waals surface area contributed by atoms with Crippen molar-refractivity contribution in [2.24, 2.45) is 5.92 Å². The monoisotopic (exact) mass is 420 g/mol. The zero-order valence-electron chi connectivity index (χ0n) is 17.2. The van der Waals surface area contributed by atoms with Crippen LogP contribution in [0.5, 0.6) is 0 Å². The van der Waals surface area contributed by atoms with Gasteiger partial charge in [0, 0.05) is 36.3 Å². The van der Waals surface area contributed by atoms with Gasteiger partial charge in [-0.25, -0.2) is 4.79 Å². The normalized spacial score (nSPS) is 15.8. The summed E-state index contributed by atoms with van der Waals surface area (Å²) in [6.07, 6.45) is 4.90. The molecule has 1 aliphatic rings. The largest absolute Gasteiger partial charge is 0.465 e. The predicted molar refractivity (Wildman–Crippen MR) is 117 cm³/mol. The van der Waals surface area contributed by atoms with E-state index in [0.717, 1.165) is 47.6 Å². The molecule has 0 bridgehead atoms. The quantitative estimate of drug-likeness (QED) is 0.583. The molecule has 0 radical (unpaired) electrons. The smallest absolute Gasteiger partial charge is 0.341 e. The van der Waals surface area contributed by atoms with Gasteiger partial charge in [-0.05, 0) is 56.8 Å². The van der Waals surface area contributed by atoms with Crippen LogP contribution in [0.15, 0.2) is 6.20 Å². The standard InChI is InChI=1S/C20H28N4O2S2/c1-6-24-13(3)14(10-21-24)11-23(4)20(27)22-18-17(19(25)26-5)15-8-7-12(2)9-16(15)28-18/h10,12H,6-9,11H2,1-5H3,(H,22,27)/t12-/m0/s1. The molecule has 2 aromatic heterocycles. The van der Waals surface area contributed by atoms with Gasteiger partial charge >= 0.3 is 5.97 Å². The second-order valence-electron chi connectivity index (χ2n) is 7.40. The third kappa shape index (κ3) is 4.07. The number of nitrogens with one attached hydrogen (secondary N) is 1. The SMILES string of the molecule is CCn1ncc(CN(C)C(=S)Nc2sc3c(c2C(=O)OC)CC[C@H](C)C3)c1C. The lowest BCUT2D eigenvalue weighted by molar-refractivity contribution is 0.0601. The van der Waals surface area contributed by atoms with Crippen molar-refractivity contribution in [1.29, 1.82) is 0 Å². The van der Waals surface area contributed by atoms with Crippen LogP contribution in [-0.2, 0) is 30.7 Å². The maximum Gasteiger partial charge on any atom is 0.341 e. The minimum Gasteiger partial charge on any atom is -0.465 e. The van der Waals surface area contributed by atoms with E-state index < -0.39 is 0 Å². The van der Waals surface area contributed by atoms with Gasteiger partial charge in [0.1, 0.15) is 5.00 Å². The molecule has 6 nitrogen and oxygen atoms in total. The van der Waals surface area contributed by atoms with Crippen LogP contribution in [0.25, 0.3) is 0 Å². The van der Waals surface area contributed by atoms with E-state index in [1.165, 1.54) is 12.0 Å². The van der Waals surface area contributed by atoms with Gasteiger partial charge in [-0.1, -0.05) is 6.92 Å². The number of methoxy groups -OCH3 is 1. The number of thiophene rings is 1. The van der Waals surface area contributed by atoms with Crippen molar-refractivity contribution in [1.82, 2.24) is 14.7 Å². The maximum absolute atomic E-state index is 12.4. The summed E-state index contributed by atoms with van der Waals surface area (Å²) in [5, 5.41) is 9.08. The van der Waals surface area contributed by atoms with Gasteiger partial charge < -0.3 is 15.0 Å². The fraction of sp³-hybridized carbons (Fsp3) is 0.550. The summed E-state index contributed by atoms with van der Waals surface area (Å²) in [5.74, 6) is 0.345. The van der Waals surface area contributed by atoms with Crippen LogP contribution >= 0.6 is 23.6 Å². The highest BCUT2D eigenvalue weighted by Crippen LogP contribution is 2.40. The fourth-order valence-corrected chi connectivity index (χ4v) is 5.27. The molecule has 0 aromatic carbocycles. The number of carbonyl (C=O) groups excluding carboxylic acids is 1. The van der Waals surface area contributed by atoms with Crippen LogP contribution in [0.3, 0.4) is 0 Å². The van der Waals surface area contributed by atoms with E-state index in [2.05, 4.69) is 31.2 Å². The molecule has 1 aliphatic carbocycles. The number of thiocarbonyl (C=S) groups is 1. The average Bonchev–Trinajstić information content (AvgIpc) is 3.20. The number of nitrogens with zero attached hydrogens (tertiary/aromatic N) is 3. The summed E-state index contributed by atoms with van der Waals surface area (Å²) >= 11 is 7.25. The topological polar surface area (TPSA) is 59.4 Å². The highest BCUT2D eigenvalue weighted by atomic mass is 32.1. The van der Waals surface area contributed by atoms with Crippen molar-refractivity contribution < 1.29 is 9.53 Å². The van der Waals surface area contributed by atoms with Gasteiger partial charge in [0.25, 0.3) is 0 Å². The van der Waals surface area contributed by atoms with Gasteiger partial charge in [-0.15, -0.1) is 11.3 Å². The molecule has 8 heteroatoms. The minimum atomic E-state index is -0.292. The van der Waals surface area contributed by atoms with Crippen LogP contribution < -0.4 is 5.32 Å². The molecule has 2 aromatic rings. The lowest BCUT2D eigenvalue weighted by atomic mass is 9.88. The molecule has 0 saturated heterocycles. The Morgan fingerprint density at radius 2 is 2.29 bits per heavy atom. The first kappa shape index (κ1) is 20.8. The van der Waals surface area contributed by atoms with Crippen LogP contribution in [0.4, 0.5) is 5.00 Å². The predicted octanol–water partition coefficient (Wildman–Crippen LogP) is 4.01. The molecular weight excluding hydrogens is 392 g/mol. The van der Waals surface area contributed by atoms with Crippen LogP contribution in [0.2, 0.25) is 0 Å². The number of aryl methyl sites for hydroxylation is 1. The van der Waals surface area contributed by atoms with Gasteiger partial charge in [0.05, 0.1) is 18.9 Å². The first-order valence-electron chi connectivity index (χ1n) is 9.61. The van der Waals surface area contributed by atoms with E-state index in [-0.39, 0.29) is 5.97 Å². The Kier molecular flexibility index (Phi) is 6.40. The van der Waals surface area contributed by atoms with Crippen molar-refractivity contribution in [3.63, 3.8) is 0 Å². The van der Waals surface area contributed by atoms with E-state index in [4.69, 9.17) is 17.0 Å². The first-order valence-corrected chi connectivity index (χ1v) is 10.8. The van der Waals surface area contributed by atoms with E-state index in [1.807, 2.05) is 22.8 Å². The third-order valence-electron chi connectivity index (χ3n) is 5.38. The Hall–Kier alpha value is -1.93. The Labute approximate surface area is 175 Å². The lowest BCUT2D eigenvalue weighted by Gasteiger charge is -2.21. The molecule has 1 atom stereocenters. The summed E-state index contributed by atoms with van der Waals surface area (Å²) in [5.41, 5.74) is 4.07. The summed E-state index contributed by atoms with van der Waals surface area (Å²) < 4.78 is 7.03. The number of hydrogen-bond acceptors (Lipinski definition) is 5. The van der Waals surface area contributed by atoms with Crippen molar-refractivity contribution >= 4 is 39.6 Å². The van der Waals surface area contributed by atoms with Crippen molar-refractivity contribution in [2.45, 2.75) is 53.1 Å². The second kappa shape index (κ2) is 8.61.